The Balaban J connectivity index is 1.53. The molecular formula is C22H19F2N5OS. The van der Waals surface area contributed by atoms with Crippen molar-refractivity contribution in [2.45, 2.75) is 11.8 Å². The normalized spacial score (nSPS) is 13.5. The second kappa shape index (κ2) is 9.73. The Hall–Kier alpha value is -3.22. The summed E-state index contributed by atoms with van der Waals surface area (Å²) in [5.74, 6) is 5.85. The third kappa shape index (κ3) is 5.29. The van der Waals surface area contributed by atoms with Gasteiger partial charge in [0.1, 0.15) is 23.8 Å². The van der Waals surface area contributed by atoms with E-state index in [0.29, 0.717) is 24.5 Å². The van der Waals surface area contributed by atoms with Gasteiger partial charge in [-0.25, -0.2) is 18.7 Å². The fourth-order valence-corrected chi connectivity index (χ4v) is 3.62. The van der Waals surface area contributed by atoms with Crippen molar-refractivity contribution in [1.82, 2.24) is 15.0 Å². The Labute approximate surface area is 183 Å². The van der Waals surface area contributed by atoms with Crippen LogP contribution in [0, 0.1) is 30.4 Å². The number of aryl methyl sites for hydroxylation is 1. The van der Waals surface area contributed by atoms with Gasteiger partial charge in [-0.05, 0) is 37.1 Å². The number of pyridine rings is 1. The smallest absolute Gasteiger partial charge is 0.148 e. The molecule has 1 N–H and O–H groups in total. The van der Waals surface area contributed by atoms with Gasteiger partial charge in [0.25, 0.3) is 0 Å². The predicted octanol–water partition coefficient (Wildman–Crippen LogP) is 3.81. The van der Waals surface area contributed by atoms with Crippen molar-refractivity contribution >= 4 is 23.5 Å². The molecule has 4 rings (SSSR count). The van der Waals surface area contributed by atoms with Crippen LogP contribution in [0.3, 0.4) is 0 Å². The van der Waals surface area contributed by atoms with Crippen LogP contribution in [0.4, 0.5) is 20.3 Å². The molecule has 1 saturated heterocycles. The maximum atomic E-state index is 13.8. The number of morpholine rings is 1. The van der Waals surface area contributed by atoms with E-state index in [-0.39, 0.29) is 4.90 Å². The average Bonchev–Trinajstić information content (AvgIpc) is 2.78. The van der Waals surface area contributed by atoms with Gasteiger partial charge in [0, 0.05) is 30.9 Å². The van der Waals surface area contributed by atoms with Crippen molar-refractivity contribution in [2.75, 3.05) is 35.9 Å². The van der Waals surface area contributed by atoms with E-state index in [1.807, 2.05) is 13.0 Å². The number of nitrogens with one attached hydrogen (secondary N) is 1. The number of rotatable bonds is 4. The van der Waals surface area contributed by atoms with Gasteiger partial charge in [-0.15, -0.1) is 0 Å². The van der Waals surface area contributed by atoms with Gasteiger partial charge in [0.2, 0.25) is 0 Å². The largest absolute Gasteiger partial charge is 0.378 e. The summed E-state index contributed by atoms with van der Waals surface area (Å²) in [6, 6.07) is 5.25. The first-order chi connectivity index (χ1) is 15.1. The fourth-order valence-electron chi connectivity index (χ4n) is 2.99. The minimum absolute atomic E-state index is 0.282. The second-order valence-corrected chi connectivity index (χ2v) is 7.60. The Morgan fingerprint density at radius 1 is 1.10 bits per heavy atom. The standard InChI is InChI=1S/C22H19F2N5OS/c1-15-19(22(27-14-26-15)29-6-8-30-9-7-29)4-2-16-10-18(13-25-12-16)28-31-21-5-3-17(23)11-20(21)24/h3,5,10-14,28H,6-9H2,1H3. The third-order valence-corrected chi connectivity index (χ3v) is 5.46. The molecule has 0 bridgehead atoms. The number of anilines is 2. The van der Waals surface area contributed by atoms with Gasteiger partial charge in [-0.3, -0.25) is 4.98 Å². The molecule has 0 atom stereocenters. The Kier molecular flexibility index (Phi) is 6.60. The van der Waals surface area contributed by atoms with Crippen LogP contribution in [-0.4, -0.2) is 41.3 Å². The van der Waals surface area contributed by atoms with E-state index in [9.17, 15) is 8.78 Å². The third-order valence-electron chi connectivity index (χ3n) is 4.57. The van der Waals surface area contributed by atoms with Crippen LogP contribution < -0.4 is 9.62 Å². The van der Waals surface area contributed by atoms with Crippen LogP contribution >= 0.6 is 11.9 Å². The molecule has 3 aromatic rings. The van der Waals surface area contributed by atoms with Gasteiger partial charge in [-0.1, -0.05) is 11.8 Å². The van der Waals surface area contributed by atoms with Crippen LogP contribution in [0.5, 0.6) is 0 Å². The molecule has 158 valence electrons. The zero-order valence-electron chi connectivity index (χ0n) is 16.7. The van der Waals surface area contributed by atoms with E-state index in [4.69, 9.17) is 4.74 Å². The predicted molar refractivity (Wildman–Crippen MR) is 116 cm³/mol. The van der Waals surface area contributed by atoms with Crippen LogP contribution in [-0.2, 0) is 4.74 Å². The molecule has 0 unspecified atom stereocenters. The SMILES string of the molecule is Cc1ncnc(N2CCOCC2)c1C#Cc1cncc(NSc2ccc(F)cc2F)c1. The molecule has 1 fully saturated rings. The molecular weight excluding hydrogens is 420 g/mol. The zero-order chi connectivity index (χ0) is 21.6. The molecule has 1 aliphatic heterocycles. The van der Waals surface area contributed by atoms with Gasteiger partial charge in [0.15, 0.2) is 0 Å². The lowest BCUT2D eigenvalue weighted by Crippen LogP contribution is -2.37. The van der Waals surface area contributed by atoms with Crippen molar-refractivity contribution in [2.24, 2.45) is 0 Å². The van der Waals surface area contributed by atoms with E-state index in [1.165, 1.54) is 12.1 Å². The Bertz CT molecular complexity index is 1140. The molecule has 6 nitrogen and oxygen atoms in total. The van der Waals surface area contributed by atoms with E-state index in [1.54, 1.807) is 18.7 Å². The number of hydrogen-bond donors (Lipinski definition) is 1. The molecule has 0 radical (unpaired) electrons. The number of aromatic nitrogens is 3. The van der Waals surface area contributed by atoms with Gasteiger partial charge < -0.3 is 14.4 Å². The van der Waals surface area contributed by atoms with E-state index in [0.717, 1.165) is 48.2 Å². The van der Waals surface area contributed by atoms with Gasteiger partial charge >= 0.3 is 0 Å². The molecule has 0 amide bonds. The molecule has 31 heavy (non-hydrogen) atoms. The maximum Gasteiger partial charge on any atom is 0.148 e. The average molecular weight is 439 g/mol. The highest BCUT2D eigenvalue weighted by molar-refractivity contribution is 8.00. The molecule has 1 aromatic carbocycles. The molecule has 0 saturated carbocycles. The number of ether oxygens (including phenoxy) is 1. The molecule has 9 heteroatoms. The van der Waals surface area contributed by atoms with E-state index in [2.05, 4.69) is 36.4 Å². The lowest BCUT2D eigenvalue weighted by Gasteiger charge is -2.28. The second-order valence-electron chi connectivity index (χ2n) is 6.75. The molecule has 0 spiro atoms. The monoisotopic (exact) mass is 439 g/mol. The summed E-state index contributed by atoms with van der Waals surface area (Å²) >= 11 is 1.04. The van der Waals surface area contributed by atoms with Crippen LogP contribution in [0.2, 0.25) is 0 Å². The summed E-state index contributed by atoms with van der Waals surface area (Å²) in [7, 11) is 0. The summed E-state index contributed by atoms with van der Waals surface area (Å²) in [6.45, 7) is 4.71. The summed E-state index contributed by atoms with van der Waals surface area (Å²) in [5.41, 5.74) is 2.90. The first kappa shape index (κ1) is 21.0. The van der Waals surface area contributed by atoms with Gasteiger partial charge in [0.05, 0.1) is 41.3 Å². The van der Waals surface area contributed by atoms with Crippen molar-refractivity contribution in [1.29, 1.82) is 0 Å². The van der Waals surface area contributed by atoms with Crippen molar-refractivity contribution in [3.05, 3.63) is 71.4 Å². The zero-order valence-corrected chi connectivity index (χ0v) is 17.5. The summed E-state index contributed by atoms with van der Waals surface area (Å²) in [4.78, 5) is 15.3. The van der Waals surface area contributed by atoms with E-state index >= 15 is 0 Å². The highest BCUT2D eigenvalue weighted by atomic mass is 32.2. The van der Waals surface area contributed by atoms with Crippen LogP contribution in [0.1, 0.15) is 16.8 Å². The first-order valence-electron chi connectivity index (χ1n) is 9.59. The molecule has 3 heterocycles. The van der Waals surface area contributed by atoms with Crippen molar-refractivity contribution < 1.29 is 13.5 Å². The highest BCUT2D eigenvalue weighted by Crippen LogP contribution is 2.24. The minimum atomic E-state index is -0.628. The fraction of sp³-hybridized carbons (Fsp3) is 0.227. The molecule has 1 aliphatic rings. The summed E-state index contributed by atoms with van der Waals surface area (Å²) in [6.07, 6.45) is 4.80. The van der Waals surface area contributed by atoms with Crippen molar-refractivity contribution in [3.8, 4) is 11.8 Å². The quantitative estimate of drug-likeness (QED) is 0.490. The minimum Gasteiger partial charge on any atom is -0.378 e. The Morgan fingerprint density at radius 3 is 2.74 bits per heavy atom. The van der Waals surface area contributed by atoms with Crippen molar-refractivity contribution in [3.63, 3.8) is 0 Å². The molecule has 2 aromatic heterocycles. The molecule has 0 aliphatic carbocycles. The van der Waals surface area contributed by atoms with E-state index < -0.39 is 11.6 Å². The number of benzene rings is 1. The lowest BCUT2D eigenvalue weighted by molar-refractivity contribution is 0.122. The van der Waals surface area contributed by atoms with Gasteiger partial charge in [-0.2, -0.15) is 0 Å². The topological polar surface area (TPSA) is 63.2 Å². The summed E-state index contributed by atoms with van der Waals surface area (Å²) < 4.78 is 35.3. The lowest BCUT2D eigenvalue weighted by atomic mass is 10.2. The maximum absolute atomic E-state index is 13.8. The first-order valence-corrected chi connectivity index (χ1v) is 10.4. The number of hydrogen-bond acceptors (Lipinski definition) is 7. The van der Waals surface area contributed by atoms with Crippen LogP contribution in [0.15, 0.2) is 47.9 Å². The highest BCUT2D eigenvalue weighted by Gasteiger charge is 2.17. The number of halogens is 2. The summed E-state index contributed by atoms with van der Waals surface area (Å²) in [5, 5.41) is 0. The van der Waals surface area contributed by atoms with Crippen LogP contribution in [0.25, 0.3) is 0 Å². The number of nitrogens with zero attached hydrogens (tertiary/aromatic N) is 4. The Morgan fingerprint density at radius 2 is 1.94 bits per heavy atom.